The number of nitrogens with zero attached hydrogens (tertiary/aromatic N) is 2. The first kappa shape index (κ1) is 32.2. The van der Waals surface area contributed by atoms with Gasteiger partial charge >= 0.3 is 0 Å². The highest BCUT2D eigenvalue weighted by molar-refractivity contribution is 7.99. The maximum Gasteiger partial charge on any atom is 0.0782 e. The van der Waals surface area contributed by atoms with Crippen molar-refractivity contribution in [3.05, 3.63) is 208 Å². The summed E-state index contributed by atoms with van der Waals surface area (Å²) < 4.78 is 0. The van der Waals surface area contributed by atoms with Gasteiger partial charge < -0.3 is 0 Å². The Morgan fingerprint density at radius 3 is 1.91 bits per heavy atom. The number of benzene rings is 6. The smallest absolute Gasteiger partial charge is 0.0782 e. The molecule has 0 radical (unpaired) electrons. The topological polar surface area (TPSA) is 25.2 Å². The van der Waals surface area contributed by atoms with E-state index in [0.717, 1.165) is 35.5 Å². The lowest BCUT2D eigenvalue weighted by Gasteiger charge is -2.40. The molecule has 1 aliphatic carbocycles. The van der Waals surface area contributed by atoms with Crippen LogP contribution in [0.15, 0.2) is 166 Å². The van der Waals surface area contributed by atoms with Crippen molar-refractivity contribution < 1.29 is 0 Å². The first-order valence-electron chi connectivity index (χ1n) is 18.8. The first-order chi connectivity index (χ1) is 26.0. The number of hydrogen-bond acceptors (Lipinski definition) is 3. The molecule has 10 rings (SSSR count). The molecule has 2 unspecified atom stereocenters. The van der Waals surface area contributed by atoms with Gasteiger partial charge in [-0.2, -0.15) is 0 Å². The monoisotopic (exact) mass is 700 g/mol. The summed E-state index contributed by atoms with van der Waals surface area (Å²) in [4.78, 5) is 13.2. The van der Waals surface area contributed by atoms with Crippen LogP contribution in [-0.4, -0.2) is 10.7 Å². The molecule has 3 aliphatic rings. The van der Waals surface area contributed by atoms with Crippen LogP contribution >= 0.6 is 11.8 Å². The van der Waals surface area contributed by atoms with Crippen molar-refractivity contribution in [3.8, 4) is 22.3 Å². The van der Waals surface area contributed by atoms with Crippen LogP contribution < -0.4 is 0 Å². The number of fused-ring (bicyclic) bond motifs is 10. The van der Waals surface area contributed by atoms with Crippen LogP contribution in [0.2, 0.25) is 0 Å². The lowest BCUT2D eigenvalue weighted by Crippen LogP contribution is -2.32. The Morgan fingerprint density at radius 1 is 0.566 bits per heavy atom. The summed E-state index contributed by atoms with van der Waals surface area (Å²) in [6, 6.07) is 56.7. The van der Waals surface area contributed by atoms with Gasteiger partial charge in [-0.25, -0.2) is 0 Å². The Kier molecular flexibility index (Phi) is 7.63. The number of pyridine rings is 1. The third kappa shape index (κ3) is 5.01. The summed E-state index contributed by atoms with van der Waals surface area (Å²) in [5.74, 6) is 0.346. The van der Waals surface area contributed by atoms with Crippen molar-refractivity contribution in [2.24, 2.45) is 10.9 Å². The van der Waals surface area contributed by atoms with E-state index in [9.17, 15) is 0 Å². The molecule has 53 heavy (non-hydrogen) atoms. The highest BCUT2D eigenvalue weighted by Crippen LogP contribution is 2.62. The van der Waals surface area contributed by atoms with Gasteiger partial charge in [-0.1, -0.05) is 152 Å². The van der Waals surface area contributed by atoms with Gasteiger partial charge in [0, 0.05) is 37.9 Å². The molecule has 1 spiro atoms. The molecular formula is C50H40N2S. The van der Waals surface area contributed by atoms with E-state index >= 15 is 0 Å². The van der Waals surface area contributed by atoms with Gasteiger partial charge in [0.1, 0.15) is 0 Å². The van der Waals surface area contributed by atoms with E-state index in [1.807, 2.05) is 18.7 Å². The summed E-state index contributed by atoms with van der Waals surface area (Å²) in [6.07, 6.45) is 2.10. The minimum absolute atomic E-state index is 0.00362. The molecule has 1 aromatic heterocycles. The Balaban J connectivity index is 1.17. The van der Waals surface area contributed by atoms with Crippen LogP contribution in [0.3, 0.4) is 0 Å². The minimum atomic E-state index is -0.400. The largest absolute Gasteiger partial charge is 0.276 e. The first-order valence-corrected chi connectivity index (χ1v) is 19.6. The molecule has 7 aromatic rings. The molecule has 0 saturated carbocycles. The number of aryl methyl sites for hydroxylation is 3. The molecule has 0 amide bonds. The summed E-state index contributed by atoms with van der Waals surface area (Å²) in [6.45, 7) is 6.54. The van der Waals surface area contributed by atoms with Gasteiger partial charge in [0.25, 0.3) is 0 Å². The predicted octanol–water partition coefficient (Wildman–Crippen LogP) is 12.4. The van der Waals surface area contributed by atoms with E-state index in [-0.39, 0.29) is 6.04 Å². The van der Waals surface area contributed by atoms with Gasteiger partial charge in [0.15, 0.2) is 0 Å². The second kappa shape index (κ2) is 12.6. The van der Waals surface area contributed by atoms with E-state index in [1.54, 1.807) is 0 Å². The van der Waals surface area contributed by atoms with Crippen LogP contribution in [0, 0.1) is 19.8 Å². The molecule has 6 aromatic carbocycles. The third-order valence-corrected chi connectivity index (χ3v) is 13.0. The molecule has 2 aliphatic heterocycles. The second-order valence-electron chi connectivity index (χ2n) is 15.0. The van der Waals surface area contributed by atoms with Crippen LogP contribution in [-0.2, 0) is 11.8 Å². The highest BCUT2D eigenvalue weighted by Gasteiger charge is 2.50. The second-order valence-corrected chi connectivity index (χ2v) is 16.0. The zero-order chi connectivity index (χ0) is 35.7. The Hall–Kier alpha value is -5.51. The van der Waals surface area contributed by atoms with E-state index in [1.165, 1.54) is 71.0 Å². The Bertz CT molecular complexity index is 2550. The van der Waals surface area contributed by atoms with E-state index in [0.29, 0.717) is 5.92 Å². The number of rotatable bonds is 3. The molecule has 0 saturated heterocycles. The van der Waals surface area contributed by atoms with Crippen molar-refractivity contribution in [2.45, 2.75) is 54.9 Å². The van der Waals surface area contributed by atoms with Crippen molar-refractivity contribution >= 4 is 17.5 Å². The van der Waals surface area contributed by atoms with Crippen molar-refractivity contribution in [2.75, 3.05) is 0 Å². The van der Waals surface area contributed by atoms with Crippen LogP contribution in [0.1, 0.15) is 75.3 Å². The number of aliphatic imine (C=N–C) groups is 1. The van der Waals surface area contributed by atoms with Gasteiger partial charge in [0.2, 0.25) is 0 Å². The van der Waals surface area contributed by atoms with E-state index < -0.39 is 5.41 Å². The lowest BCUT2D eigenvalue weighted by atomic mass is 9.67. The minimum Gasteiger partial charge on any atom is -0.276 e. The van der Waals surface area contributed by atoms with Crippen molar-refractivity contribution in [3.63, 3.8) is 0 Å². The highest BCUT2D eigenvalue weighted by atomic mass is 32.2. The molecule has 256 valence electrons. The van der Waals surface area contributed by atoms with Crippen molar-refractivity contribution in [1.29, 1.82) is 0 Å². The number of aromatic nitrogens is 1. The predicted molar refractivity (Wildman–Crippen MR) is 219 cm³/mol. The molecule has 2 atom stereocenters. The third-order valence-electron chi connectivity index (χ3n) is 11.9. The molecule has 0 fully saturated rings. The van der Waals surface area contributed by atoms with Gasteiger partial charge in [0.05, 0.1) is 17.2 Å². The number of hydrogen-bond donors (Lipinski definition) is 0. The summed E-state index contributed by atoms with van der Waals surface area (Å²) in [7, 11) is 0. The molecule has 3 heteroatoms. The fourth-order valence-electron chi connectivity index (χ4n) is 9.33. The molecular weight excluding hydrogens is 661 g/mol. The zero-order valence-electron chi connectivity index (χ0n) is 30.3. The van der Waals surface area contributed by atoms with E-state index in [2.05, 4.69) is 166 Å². The quantitative estimate of drug-likeness (QED) is 0.183. The summed E-state index contributed by atoms with van der Waals surface area (Å²) in [5, 5.41) is 0. The normalized spacial score (nSPS) is 18.7. The summed E-state index contributed by atoms with van der Waals surface area (Å²) >= 11 is 1.90. The van der Waals surface area contributed by atoms with Crippen LogP contribution in [0.25, 0.3) is 22.3 Å². The van der Waals surface area contributed by atoms with Crippen molar-refractivity contribution in [1.82, 2.24) is 4.98 Å². The standard InChI is InChI=1S/C50H40N2S/c1-31-20-22-34-12-4-5-13-39(34)49(36-25-23-35(24-26-36)38-28-21-32(2)51-33(38)3)52-48(31)37-27-29-41-40-14-6-7-15-42(40)50(45(41)30-37)43-16-8-10-18-46(43)53-47-19-11-9-17-44(47)50/h4-19,21,23-31,48H,20,22H2,1-3H3/b52-49-. The maximum absolute atomic E-state index is 5.83. The average molecular weight is 701 g/mol. The SMILES string of the molecule is Cc1ccc(-c2ccc(/C3=N/C(c4ccc5c(c4)C4(c6ccccc6Sc6ccccc64)c4ccccc4-5)C(C)CCc4ccccc43)cc2)c(C)n1. The zero-order valence-corrected chi connectivity index (χ0v) is 31.1. The van der Waals surface area contributed by atoms with Crippen LogP contribution in [0.5, 0.6) is 0 Å². The van der Waals surface area contributed by atoms with Gasteiger partial charge in [-0.15, -0.1) is 0 Å². The molecule has 2 nitrogen and oxygen atoms in total. The maximum atomic E-state index is 5.83. The van der Waals surface area contributed by atoms with Gasteiger partial charge in [-0.05, 0) is 101 Å². The Labute approximate surface area is 316 Å². The summed E-state index contributed by atoms with van der Waals surface area (Å²) in [5.41, 5.74) is 18.3. The van der Waals surface area contributed by atoms with Gasteiger partial charge in [-0.3, -0.25) is 9.98 Å². The fraction of sp³-hybridized carbons (Fsp3) is 0.160. The average Bonchev–Trinajstić information content (AvgIpc) is 3.47. The van der Waals surface area contributed by atoms with Crippen LogP contribution in [0.4, 0.5) is 0 Å². The molecule has 0 N–H and O–H groups in total. The molecule has 3 heterocycles. The molecule has 0 bridgehead atoms. The Morgan fingerprint density at radius 2 is 1.17 bits per heavy atom. The fourth-order valence-corrected chi connectivity index (χ4v) is 10.5. The van der Waals surface area contributed by atoms with E-state index in [4.69, 9.17) is 9.98 Å². The lowest BCUT2D eigenvalue weighted by molar-refractivity contribution is 0.438.